The van der Waals surface area contributed by atoms with E-state index in [0.29, 0.717) is 27.6 Å². The molecule has 0 saturated heterocycles. The molecule has 0 heterocycles. The Morgan fingerprint density at radius 3 is 2.76 bits per heavy atom. The summed E-state index contributed by atoms with van der Waals surface area (Å²) in [6.45, 7) is 2.13. The van der Waals surface area contributed by atoms with Crippen LogP contribution in [0, 0.1) is 6.92 Å². The number of carbonyl (C=O) groups excluding carboxylic acids is 1. The van der Waals surface area contributed by atoms with Gasteiger partial charge in [0.1, 0.15) is 12.4 Å². The highest BCUT2D eigenvalue weighted by Gasteiger charge is 2.16. The molecule has 0 unspecified atom stereocenters. The van der Waals surface area contributed by atoms with Crippen LogP contribution >= 0.6 is 11.6 Å². The van der Waals surface area contributed by atoms with Gasteiger partial charge in [-0.1, -0.05) is 29.8 Å². The van der Waals surface area contributed by atoms with Gasteiger partial charge in [-0.3, -0.25) is 0 Å². The van der Waals surface area contributed by atoms with Crippen molar-refractivity contribution in [1.82, 2.24) is 0 Å². The lowest BCUT2D eigenvalue weighted by Gasteiger charge is -2.13. The van der Waals surface area contributed by atoms with Crippen molar-refractivity contribution in [1.29, 1.82) is 0 Å². The molecule has 21 heavy (non-hydrogen) atoms. The first kappa shape index (κ1) is 15.2. The van der Waals surface area contributed by atoms with Crippen LogP contribution in [0.15, 0.2) is 36.4 Å². The Bertz CT molecular complexity index is 671. The predicted octanol–water partition coefficient (Wildman–Crippen LogP) is 3.60. The van der Waals surface area contributed by atoms with E-state index >= 15 is 0 Å². The van der Waals surface area contributed by atoms with E-state index in [0.717, 1.165) is 5.56 Å². The second-order valence-electron chi connectivity index (χ2n) is 4.60. The second-order valence-corrected chi connectivity index (χ2v) is 5.00. The summed E-state index contributed by atoms with van der Waals surface area (Å²) < 4.78 is 10.5. The Kier molecular flexibility index (Phi) is 4.70. The molecule has 0 aliphatic rings. The van der Waals surface area contributed by atoms with E-state index in [1.165, 1.54) is 7.11 Å². The number of nitrogen functional groups attached to an aromatic ring is 1. The van der Waals surface area contributed by atoms with Crippen LogP contribution in [0.1, 0.15) is 21.5 Å². The van der Waals surface area contributed by atoms with Gasteiger partial charge in [0.2, 0.25) is 0 Å². The first-order chi connectivity index (χ1) is 10.0. The third-order valence-electron chi connectivity index (χ3n) is 3.04. The van der Waals surface area contributed by atoms with E-state index in [-0.39, 0.29) is 6.61 Å². The van der Waals surface area contributed by atoms with Crippen molar-refractivity contribution in [3.8, 4) is 5.75 Å². The number of carbonyl (C=O) groups is 1. The molecule has 110 valence electrons. The van der Waals surface area contributed by atoms with Gasteiger partial charge >= 0.3 is 5.97 Å². The van der Waals surface area contributed by atoms with Crippen molar-refractivity contribution in [2.45, 2.75) is 13.5 Å². The van der Waals surface area contributed by atoms with Crippen LogP contribution in [0.4, 0.5) is 5.69 Å². The number of methoxy groups -OCH3 is 1. The fourth-order valence-corrected chi connectivity index (χ4v) is 2.14. The molecular formula is C16H16ClNO3. The lowest BCUT2D eigenvalue weighted by atomic mass is 10.1. The highest BCUT2D eigenvalue weighted by molar-refractivity contribution is 6.32. The average molecular weight is 306 g/mol. The number of benzene rings is 2. The number of ether oxygens (including phenoxy) is 2. The van der Waals surface area contributed by atoms with Crippen LogP contribution in [-0.2, 0) is 11.3 Å². The molecule has 0 atom stereocenters. The summed E-state index contributed by atoms with van der Waals surface area (Å²) in [5.74, 6) is 0.0805. The van der Waals surface area contributed by atoms with Crippen molar-refractivity contribution in [2.75, 3.05) is 12.8 Å². The molecule has 2 aromatic carbocycles. The predicted molar refractivity (Wildman–Crippen MR) is 82.7 cm³/mol. The molecule has 4 nitrogen and oxygen atoms in total. The summed E-state index contributed by atoms with van der Waals surface area (Å²) in [5.41, 5.74) is 8.21. The fraction of sp³-hybridized carbons (Fsp3) is 0.188. The van der Waals surface area contributed by atoms with Gasteiger partial charge in [-0.2, -0.15) is 0 Å². The van der Waals surface area contributed by atoms with Gasteiger partial charge < -0.3 is 15.2 Å². The van der Waals surface area contributed by atoms with Gasteiger partial charge in [-0.05, 0) is 30.7 Å². The number of halogens is 1. The smallest absolute Gasteiger partial charge is 0.340 e. The minimum absolute atomic E-state index is 0.179. The SMILES string of the molecule is COC(=O)c1c(N)cccc1COc1cc(C)ccc1Cl. The summed E-state index contributed by atoms with van der Waals surface area (Å²) in [6.07, 6.45) is 0. The highest BCUT2D eigenvalue weighted by atomic mass is 35.5. The zero-order valence-electron chi connectivity index (χ0n) is 11.9. The summed E-state index contributed by atoms with van der Waals surface area (Å²) in [4.78, 5) is 11.8. The molecule has 0 aliphatic heterocycles. The number of aryl methyl sites for hydroxylation is 1. The molecule has 0 spiro atoms. The number of rotatable bonds is 4. The van der Waals surface area contributed by atoms with Crippen LogP contribution in [0.5, 0.6) is 5.75 Å². The highest BCUT2D eigenvalue weighted by Crippen LogP contribution is 2.27. The summed E-state index contributed by atoms with van der Waals surface area (Å²) in [7, 11) is 1.32. The summed E-state index contributed by atoms with van der Waals surface area (Å²) >= 11 is 6.08. The van der Waals surface area contributed by atoms with Gasteiger partial charge in [-0.25, -0.2) is 4.79 Å². The van der Waals surface area contributed by atoms with E-state index in [1.807, 2.05) is 19.1 Å². The van der Waals surface area contributed by atoms with Crippen molar-refractivity contribution in [2.24, 2.45) is 0 Å². The van der Waals surface area contributed by atoms with Crippen LogP contribution in [0.25, 0.3) is 0 Å². The molecule has 0 aromatic heterocycles. The van der Waals surface area contributed by atoms with E-state index in [4.69, 9.17) is 26.8 Å². The fourth-order valence-electron chi connectivity index (χ4n) is 1.97. The monoisotopic (exact) mass is 305 g/mol. The Balaban J connectivity index is 2.26. The Hall–Kier alpha value is -2.20. The Morgan fingerprint density at radius 2 is 2.05 bits per heavy atom. The maximum Gasteiger partial charge on any atom is 0.340 e. The molecule has 0 fully saturated rings. The van der Waals surface area contributed by atoms with Gasteiger partial charge in [0.25, 0.3) is 0 Å². The van der Waals surface area contributed by atoms with Crippen LogP contribution < -0.4 is 10.5 Å². The maximum absolute atomic E-state index is 11.8. The van der Waals surface area contributed by atoms with E-state index < -0.39 is 5.97 Å². The number of esters is 1. The zero-order valence-corrected chi connectivity index (χ0v) is 12.6. The molecule has 0 saturated carbocycles. The van der Waals surface area contributed by atoms with Crippen molar-refractivity contribution >= 4 is 23.3 Å². The molecule has 0 bridgehead atoms. The lowest BCUT2D eigenvalue weighted by Crippen LogP contribution is -2.11. The van der Waals surface area contributed by atoms with E-state index in [9.17, 15) is 4.79 Å². The minimum atomic E-state index is -0.484. The Labute approximate surface area is 128 Å². The van der Waals surface area contributed by atoms with Gasteiger partial charge in [0.05, 0.1) is 17.7 Å². The minimum Gasteiger partial charge on any atom is -0.487 e. The summed E-state index contributed by atoms with van der Waals surface area (Å²) in [5, 5.41) is 0.518. The molecule has 0 aliphatic carbocycles. The number of anilines is 1. The first-order valence-corrected chi connectivity index (χ1v) is 6.75. The second kappa shape index (κ2) is 6.50. The third-order valence-corrected chi connectivity index (χ3v) is 3.35. The van der Waals surface area contributed by atoms with Crippen LogP contribution in [-0.4, -0.2) is 13.1 Å². The number of nitrogens with two attached hydrogens (primary N) is 1. The molecule has 2 rings (SSSR count). The van der Waals surface area contributed by atoms with Crippen molar-refractivity contribution in [3.05, 3.63) is 58.1 Å². The average Bonchev–Trinajstić information content (AvgIpc) is 2.47. The van der Waals surface area contributed by atoms with Crippen molar-refractivity contribution < 1.29 is 14.3 Å². The largest absolute Gasteiger partial charge is 0.487 e. The zero-order chi connectivity index (χ0) is 15.4. The van der Waals surface area contributed by atoms with E-state index in [1.54, 1.807) is 24.3 Å². The quantitative estimate of drug-likeness (QED) is 0.692. The third kappa shape index (κ3) is 3.47. The molecule has 2 aromatic rings. The first-order valence-electron chi connectivity index (χ1n) is 6.37. The van der Waals surface area contributed by atoms with Crippen molar-refractivity contribution in [3.63, 3.8) is 0 Å². The van der Waals surface area contributed by atoms with Gasteiger partial charge in [0, 0.05) is 11.3 Å². The molecule has 0 radical (unpaired) electrons. The molecular weight excluding hydrogens is 290 g/mol. The molecule has 0 amide bonds. The number of hydrogen-bond donors (Lipinski definition) is 1. The van der Waals surface area contributed by atoms with Crippen LogP contribution in [0.3, 0.4) is 0 Å². The summed E-state index contributed by atoms with van der Waals surface area (Å²) in [6, 6.07) is 10.7. The molecule has 2 N–H and O–H groups in total. The standard InChI is InChI=1S/C16H16ClNO3/c1-10-6-7-12(17)14(8-10)21-9-11-4-3-5-13(18)15(11)16(19)20-2/h3-8H,9,18H2,1-2H3. The normalized spacial score (nSPS) is 10.2. The Morgan fingerprint density at radius 1 is 1.29 bits per heavy atom. The lowest BCUT2D eigenvalue weighted by molar-refractivity contribution is 0.0599. The van der Waals surface area contributed by atoms with Gasteiger partial charge in [-0.15, -0.1) is 0 Å². The van der Waals surface area contributed by atoms with E-state index in [2.05, 4.69) is 0 Å². The van der Waals surface area contributed by atoms with Crippen LogP contribution in [0.2, 0.25) is 5.02 Å². The topological polar surface area (TPSA) is 61.5 Å². The number of hydrogen-bond acceptors (Lipinski definition) is 4. The molecule has 5 heteroatoms. The maximum atomic E-state index is 11.8. The van der Waals surface area contributed by atoms with Gasteiger partial charge in [0.15, 0.2) is 0 Å².